The van der Waals surface area contributed by atoms with Crippen molar-refractivity contribution in [3.63, 3.8) is 0 Å². The first-order chi connectivity index (χ1) is 17.4. The monoisotopic (exact) mass is 496 g/mol. The number of likely N-dealkylation sites (N-methyl/N-ethyl adjacent to an activating group) is 1. The zero-order valence-electron chi connectivity index (χ0n) is 21.1. The molecule has 2 aliphatic heterocycles. The second kappa shape index (κ2) is 10.9. The maximum Gasteiger partial charge on any atom is 0.295 e. The summed E-state index contributed by atoms with van der Waals surface area (Å²) in [5, 5.41) is 11.4. The number of aliphatic hydroxyl groups is 1. The summed E-state index contributed by atoms with van der Waals surface area (Å²) in [4.78, 5) is 30.3. The molecule has 4 rings (SSSR count). The van der Waals surface area contributed by atoms with Gasteiger partial charge < -0.3 is 33.9 Å². The lowest BCUT2D eigenvalue weighted by atomic mass is 9.94. The number of hydrogen-bond acceptors (Lipinski definition) is 8. The molecular weight excluding hydrogens is 464 g/mol. The molecular formula is C27H32N2O7. The molecule has 1 N–H and O–H groups in total. The number of rotatable bonds is 9. The van der Waals surface area contributed by atoms with Crippen molar-refractivity contribution in [3.05, 3.63) is 53.1 Å². The summed E-state index contributed by atoms with van der Waals surface area (Å²) < 4.78 is 22.0. The Labute approximate surface area is 210 Å². The highest BCUT2D eigenvalue weighted by Crippen LogP contribution is 2.43. The molecule has 1 amide bonds. The van der Waals surface area contributed by atoms with Crippen molar-refractivity contribution in [2.75, 3.05) is 53.6 Å². The predicted octanol–water partition coefficient (Wildman–Crippen LogP) is 3.24. The number of nitrogens with zero attached hydrogens (tertiary/aromatic N) is 2. The van der Waals surface area contributed by atoms with Crippen molar-refractivity contribution in [1.29, 1.82) is 0 Å². The quantitative estimate of drug-likeness (QED) is 0.321. The number of carbonyl (C=O) groups is 2. The van der Waals surface area contributed by atoms with Crippen molar-refractivity contribution in [2.45, 2.75) is 19.9 Å². The van der Waals surface area contributed by atoms with E-state index in [1.807, 2.05) is 13.8 Å². The Morgan fingerprint density at radius 2 is 1.69 bits per heavy atom. The van der Waals surface area contributed by atoms with Gasteiger partial charge in [-0.15, -0.1) is 0 Å². The van der Waals surface area contributed by atoms with E-state index in [0.29, 0.717) is 60.4 Å². The number of amides is 1. The van der Waals surface area contributed by atoms with Crippen LogP contribution in [0.3, 0.4) is 0 Å². The van der Waals surface area contributed by atoms with Gasteiger partial charge in [-0.05, 0) is 49.0 Å². The third-order valence-corrected chi connectivity index (χ3v) is 6.63. The highest BCUT2D eigenvalue weighted by atomic mass is 16.6. The first-order valence-electron chi connectivity index (χ1n) is 12.1. The van der Waals surface area contributed by atoms with E-state index in [1.165, 1.54) is 19.1 Å². The minimum atomic E-state index is -0.798. The number of ether oxygens (including phenoxy) is 4. The maximum absolute atomic E-state index is 13.3. The standard InChI is InChI=1S/C27H32N2O7/c1-5-28(6-2)11-12-29-24(17-7-9-19(33-3)21(15-17)34-4)23(26(31)27(29)32)25(30)18-8-10-20-22(16-18)36-14-13-35-20/h7-10,15-16,24,30H,5-6,11-14H2,1-4H3. The summed E-state index contributed by atoms with van der Waals surface area (Å²) in [7, 11) is 3.06. The number of carbonyl (C=O) groups excluding carboxylic acids is 2. The summed E-state index contributed by atoms with van der Waals surface area (Å²) in [6, 6.07) is 9.40. The number of Topliss-reactive ketones (excluding diaryl/α,β-unsaturated/α-hetero) is 1. The van der Waals surface area contributed by atoms with Crippen LogP contribution in [0.15, 0.2) is 42.0 Å². The van der Waals surface area contributed by atoms with E-state index in [1.54, 1.807) is 36.4 Å². The number of benzene rings is 2. The van der Waals surface area contributed by atoms with E-state index in [2.05, 4.69) is 4.90 Å². The van der Waals surface area contributed by atoms with E-state index in [0.717, 1.165) is 13.1 Å². The van der Waals surface area contributed by atoms with Gasteiger partial charge in [-0.3, -0.25) is 9.59 Å². The van der Waals surface area contributed by atoms with Gasteiger partial charge in [0.1, 0.15) is 19.0 Å². The minimum Gasteiger partial charge on any atom is -0.507 e. The fraction of sp³-hybridized carbons (Fsp3) is 0.407. The Balaban J connectivity index is 1.82. The number of aliphatic hydroxyl groups excluding tert-OH is 1. The van der Waals surface area contributed by atoms with Crippen LogP contribution in [0, 0.1) is 0 Å². The average molecular weight is 497 g/mol. The lowest BCUT2D eigenvalue weighted by Crippen LogP contribution is -2.38. The summed E-state index contributed by atoms with van der Waals surface area (Å²) in [5.74, 6) is 0.368. The van der Waals surface area contributed by atoms with Crippen LogP contribution in [0.2, 0.25) is 0 Å². The lowest BCUT2D eigenvalue weighted by Gasteiger charge is -2.28. The zero-order chi connectivity index (χ0) is 25.8. The molecule has 0 aliphatic carbocycles. The van der Waals surface area contributed by atoms with E-state index >= 15 is 0 Å². The molecule has 0 aromatic heterocycles. The second-order valence-electron chi connectivity index (χ2n) is 8.49. The summed E-state index contributed by atoms with van der Waals surface area (Å²) >= 11 is 0. The molecule has 0 spiro atoms. The van der Waals surface area contributed by atoms with Gasteiger partial charge in [0.15, 0.2) is 23.0 Å². The van der Waals surface area contributed by atoms with Crippen LogP contribution in [0.25, 0.3) is 5.76 Å². The van der Waals surface area contributed by atoms with Gasteiger partial charge in [0, 0.05) is 18.7 Å². The number of hydrogen-bond donors (Lipinski definition) is 1. The molecule has 1 saturated heterocycles. The molecule has 1 atom stereocenters. The second-order valence-corrected chi connectivity index (χ2v) is 8.49. The van der Waals surface area contributed by atoms with Crippen molar-refractivity contribution < 1.29 is 33.6 Å². The van der Waals surface area contributed by atoms with Crippen LogP contribution in [-0.4, -0.2) is 80.2 Å². The third kappa shape index (κ3) is 4.70. The van der Waals surface area contributed by atoms with Gasteiger partial charge in [0.25, 0.3) is 11.7 Å². The van der Waals surface area contributed by atoms with Crippen molar-refractivity contribution in [3.8, 4) is 23.0 Å². The molecule has 2 heterocycles. The fourth-order valence-corrected chi connectivity index (χ4v) is 4.62. The van der Waals surface area contributed by atoms with E-state index < -0.39 is 17.7 Å². The number of ketones is 1. The van der Waals surface area contributed by atoms with Crippen LogP contribution in [0.4, 0.5) is 0 Å². The summed E-state index contributed by atoms with van der Waals surface area (Å²) in [6.07, 6.45) is 0. The van der Waals surface area contributed by atoms with Gasteiger partial charge in [-0.25, -0.2) is 0 Å². The first-order valence-corrected chi connectivity index (χ1v) is 12.1. The SMILES string of the molecule is CCN(CC)CCN1C(=O)C(=O)C(=C(O)c2ccc3c(c2)OCCO3)C1c1ccc(OC)c(OC)c1. The van der Waals surface area contributed by atoms with Crippen LogP contribution < -0.4 is 18.9 Å². The van der Waals surface area contributed by atoms with Gasteiger partial charge in [-0.1, -0.05) is 19.9 Å². The molecule has 2 aromatic rings. The van der Waals surface area contributed by atoms with Crippen LogP contribution in [0.5, 0.6) is 23.0 Å². The fourth-order valence-electron chi connectivity index (χ4n) is 4.62. The molecule has 1 unspecified atom stereocenters. The van der Waals surface area contributed by atoms with Gasteiger partial charge in [0.2, 0.25) is 0 Å². The first kappa shape index (κ1) is 25.4. The highest BCUT2D eigenvalue weighted by Gasteiger charge is 2.46. The molecule has 9 nitrogen and oxygen atoms in total. The summed E-state index contributed by atoms with van der Waals surface area (Å²) in [6.45, 7) is 7.47. The van der Waals surface area contributed by atoms with Crippen molar-refractivity contribution in [2.24, 2.45) is 0 Å². The Hall–Kier alpha value is -3.72. The third-order valence-electron chi connectivity index (χ3n) is 6.63. The molecule has 0 saturated carbocycles. The smallest absolute Gasteiger partial charge is 0.295 e. The number of likely N-dealkylation sites (tertiary alicyclic amines) is 1. The number of methoxy groups -OCH3 is 2. The average Bonchev–Trinajstić information content (AvgIpc) is 3.17. The normalized spacial score (nSPS) is 18.6. The van der Waals surface area contributed by atoms with Gasteiger partial charge >= 0.3 is 0 Å². The highest BCUT2D eigenvalue weighted by molar-refractivity contribution is 6.46. The van der Waals surface area contributed by atoms with Crippen LogP contribution >= 0.6 is 0 Å². The molecule has 1 fully saturated rings. The zero-order valence-corrected chi connectivity index (χ0v) is 21.1. The molecule has 36 heavy (non-hydrogen) atoms. The van der Waals surface area contributed by atoms with Crippen LogP contribution in [0.1, 0.15) is 31.0 Å². The Kier molecular flexibility index (Phi) is 7.69. The van der Waals surface area contributed by atoms with Gasteiger partial charge in [0.05, 0.1) is 25.8 Å². The van der Waals surface area contributed by atoms with Gasteiger partial charge in [-0.2, -0.15) is 0 Å². The van der Waals surface area contributed by atoms with Crippen molar-refractivity contribution in [1.82, 2.24) is 9.80 Å². The Morgan fingerprint density at radius 3 is 2.36 bits per heavy atom. The Morgan fingerprint density at radius 1 is 1.00 bits per heavy atom. The predicted molar refractivity (Wildman–Crippen MR) is 134 cm³/mol. The largest absolute Gasteiger partial charge is 0.507 e. The number of fused-ring (bicyclic) bond motifs is 1. The molecule has 0 radical (unpaired) electrons. The Bertz CT molecular complexity index is 1170. The molecule has 9 heteroatoms. The van der Waals surface area contributed by atoms with E-state index in [4.69, 9.17) is 18.9 Å². The van der Waals surface area contributed by atoms with E-state index in [9.17, 15) is 14.7 Å². The molecule has 2 aliphatic rings. The summed E-state index contributed by atoms with van der Waals surface area (Å²) in [5.41, 5.74) is 1.01. The van der Waals surface area contributed by atoms with Crippen LogP contribution in [-0.2, 0) is 9.59 Å². The van der Waals surface area contributed by atoms with E-state index in [-0.39, 0.29) is 11.3 Å². The molecule has 0 bridgehead atoms. The topological polar surface area (TPSA) is 97.8 Å². The van der Waals surface area contributed by atoms with Crippen molar-refractivity contribution >= 4 is 17.4 Å². The minimum absolute atomic E-state index is 0.0171. The maximum atomic E-state index is 13.3. The lowest BCUT2D eigenvalue weighted by molar-refractivity contribution is -0.140. The molecule has 192 valence electrons. The molecule has 2 aromatic carbocycles.